The normalized spacial score (nSPS) is 36.8. The summed E-state index contributed by atoms with van der Waals surface area (Å²) in [6, 6.07) is -0.0739. The number of aliphatic hydroxyl groups is 1. The van der Waals surface area contributed by atoms with E-state index in [9.17, 15) is 9.90 Å². The molecule has 2 amide bonds. The molecule has 15 heavy (non-hydrogen) atoms. The van der Waals surface area contributed by atoms with Crippen LogP contribution >= 0.6 is 0 Å². The van der Waals surface area contributed by atoms with Gasteiger partial charge in [0.05, 0.1) is 12.2 Å². The molecular formula is C10H18N2O3. The fourth-order valence-electron chi connectivity index (χ4n) is 2.20. The van der Waals surface area contributed by atoms with Gasteiger partial charge in [-0.2, -0.15) is 0 Å². The first kappa shape index (κ1) is 10.7. The van der Waals surface area contributed by atoms with E-state index in [0.29, 0.717) is 6.42 Å². The van der Waals surface area contributed by atoms with Crippen LogP contribution in [-0.4, -0.2) is 47.6 Å². The number of nitrogens with one attached hydrogen (secondary N) is 1. The number of nitrogens with zero attached hydrogens (tertiary/aromatic N) is 1. The predicted molar refractivity (Wildman–Crippen MR) is 54.3 cm³/mol. The topological polar surface area (TPSA) is 61.8 Å². The van der Waals surface area contributed by atoms with E-state index in [1.54, 1.807) is 4.90 Å². The summed E-state index contributed by atoms with van der Waals surface area (Å²) < 4.78 is 5.65. The van der Waals surface area contributed by atoms with Crippen molar-refractivity contribution in [2.24, 2.45) is 0 Å². The number of rotatable bonds is 2. The number of carbonyl (C=O) groups is 1. The van der Waals surface area contributed by atoms with Crippen molar-refractivity contribution < 1.29 is 14.6 Å². The molecule has 5 nitrogen and oxygen atoms in total. The van der Waals surface area contributed by atoms with E-state index in [-0.39, 0.29) is 18.4 Å². The van der Waals surface area contributed by atoms with Crippen LogP contribution in [0.1, 0.15) is 26.2 Å². The molecule has 2 rings (SSSR count). The van der Waals surface area contributed by atoms with Crippen molar-refractivity contribution >= 4 is 6.03 Å². The highest BCUT2D eigenvalue weighted by Crippen LogP contribution is 2.26. The largest absolute Gasteiger partial charge is 0.390 e. The zero-order valence-corrected chi connectivity index (χ0v) is 8.98. The van der Waals surface area contributed by atoms with Gasteiger partial charge in [-0.15, -0.1) is 0 Å². The van der Waals surface area contributed by atoms with Crippen LogP contribution in [-0.2, 0) is 4.74 Å². The molecule has 2 aliphatic heterocycles. The summed E-state index contributed by atoms with van der Waals surface area (Å²) in [6.07, 6.45) is 1.46. The van der Waals surface area contributed by atoms with Crippen LogP contribution in [0.4, 0.5) is 4.79 Å². The molecule has 0 aliphatic carbocycles. The van der Waals surface area contributed by atoms with Gasteiger partial charge in [0.2, 0.25) is 0 Å². The monoisotopic (exact) mass is 214 g/mol. The first-order valence-electron chi connectivity index (χ1n) is 5.60. The molecule has 2 saturated heterocycles. The second-order valence-corrected chi connectivity index (χ2v) is 4.12. The van der Waals surface area contributed by atoms with E-state index in [1.807, 2.05) is 6.92 Å². The first-order valence-corrected chi connectivity index (χ1v) is 5.60. The van der Waals surface area contributed by atoms with Gasteiger partial charge in [0.15, 0.2) is 0 Å². The van der Waals surface area contributed by atoms with Crippen LogP contribution in [0, 0.1) is 0 Å². The van der Waals surface area contributed by atoms with Gasteiger partial charge in [-0.25, -0.2) is 4.79 Å². The molecule has 0 aromatic carbocycles. The number of hydrogen-bond acceptors (Lipinski definition) is 3. The molecule has 2 aliphatic rings. The smallest absolute Gasteiger partial charge is 0.319 e. The van der Waals surface area contributed by atoms with Crippen LogP contribution in [0.5, 0.6) is 0 Å². The van der Waals surface area contributed by atoms with Crippen molar-refractivity contribution in [1.29, 1.82) is 0 Å². The van der Waals surface area contributed by atoms with Crippen LogP contribution in [0.15, 0.2) is 0 Å². The van der Waals surface area contributed by atoms with E-state index < -0.39 is 6.10 Å². The number of hydrogen-bond donors (Lipinski definition) is 2. The second kappa shape index (κ2) is 4.37. The molecule has 3 atom stereocenters. The Balaban J connectivity index is 1.96. The highest BCUT2D eigenvalue weighted by molar-refractivity contribution is 5.75. The van der Waals surface area contributed by atoms with Crippen molar-refractivity contribution in [3.8, 4) is 0 Å². The van der Waals surface area contributed by atoms with E-state index in [1.165, 1.54) is 0 Å². The first-order chi connectivity index (χ1) is 7.22. The molecule has 0 bridgehead atoms. The summed E-state index contributed by atoms with van der Waals surface area (Å²) in [5.74, 6) is 0. The van der Waals surface area contributed by atoms with Crippen molar-refractivity contribution in [2.75, 3.05) is 13.1 Å². The fraction of sp³-hybridized carbons (Fsp3) is 0.900. The van der Waals surface area contributed by atoms with Gasteiger partial charge in [-0.3, -0.25) is 4.90 Å². The zero-order chi connectivity index (χ0) is 10.8. The van der Waals surface area contributed by atoms with Crippen molar-refractivity contribution in [2.45, 2.75) is 44.6 Å². The lowest BCUT2D eigenvalue weighted by Gasteiger charge is -2.32. The van der Waals surface area contributed by atoms with Crippen LogP contribution < -0.4 is 5.32 Å². The summed E-state index contributed by atoms with van der Waals surface area (Å²) in [6.45, 7) is 3.44. The summed E-state index contributed by atoms with van der Waals surface area (Å²) in [7, 11) is 0. The molecule has 5 heteroatoms. The van der Waals surface area contributed by atoms with Gasteiger partial charge in [0.1, 0.15) is 6.23 Å². The summed E-state index contributed by atoms with van der Waals surface area (Å²) in [5.41, 5.74) is 0. The van der Waals surface area contributed by atoms with Crippen molar-refractivity contribution in [3.05, 3.63) is 0 Å². The molecule has 1 unspecified atom stereocenters. The van der Waals surface area contributed by atoms with Crippen molar-refractivity contribution in [3.63, 3.8) is 0 Å². The molecule has 0 aromatic heterocycles. The quantitative estimate of drug-likeness (QED) is 0.694. The lowest BCUT2D eigenvalue weighted by atomic mass is 10.1. The third-order valence-electron chi connectivity index (χ3n) is 3.07. The standard InChI is InChI=1S/C10H18N2O3/c1-2-8-7(13)6-9(15-8)12-5-3-4-11-10(12)14/h7-9,13H,2-6H2,1H3,(H,11,14)/t7?,8-,9-/m1/s1. The SMILES string of the molecule is CC[C@H]1O[C@@H](N2CCCNC2=O)CC1O. The minimum atomic E-state index is -0.435. The van der Waals surface area contributed by atoms with Gasteiger partial charge in [0.25, 0.3) is 0 Å². The van der Waals surface area contributed by atoms with Gasteiger partial charge in [-0.05, 0) is 12.8 Å². The van der Waals surface area contributed by atoms with E-state index in [4.69, 9.17) is 4.74 Å². The third-order valence-corrected chi connectivity index (χ3v) is 3.07. The molecule has 2 heterocycles. The summed E-state index contributed by atoms with van der Waals surface area (Å²) >= 11 is 0. The van der Waals surface area contributed by atoms with Gasteiger partial charge >= 0.3 is 6.03 Å². The van der Waals surface area contributed by atoms with Crippen LogP contribution in [0.2, 0.25) is 0 Å². The second-order valence-electron chi connectivity index (χ2n) is 4.12. The predicted octanol–water partition coefficient (Wildman–Crippen LogP) is 0.288. The average Bonchev–Trinajstić information content (AvgIpc) is 2.60. The molecule has 0 spiro atoms. The van der Waals surface area contributed by atoms with Gasteiger partial charge in [0, 0.05) is 19.5 Å². The molecule has 2 fully saturated rings. The highest BCUT2D eigenvalue weighted by atomic mass is 16.5. The molecular weight excluding hydrogens is 196 g/mol. The third kappa shape index (κ3) is 2.08. The Morgan fingerprint density at radius 1 is 1.67 bits per heavy atom. The summed E-state index contributed by atoms with van der Waals surface area (Å²) in [4.78, 5) is 13.2. The Labute approximate surface area is 89.4 Å². The number of urea groups is 1. The maximum atomic E-state index is 11.5. The van der Waals surface area contributed by atoms with Crippen molar-refractivity contribution in [1.82, 2.24) is 10.2 Å². The maximum Gasteiger partial charge on any atom is 0.319 e. The van der Waals surface area contributed by atoms with E-state index in [2.05, 4.69) is 5.32 Å². The lowest BCUT2D eigenvalue weighted by molar-refractivity contribution is -0.0487. The molecule has 2 N–H and O–H groups in total. The molecule has 0 aromatic rings. The fourth-order valence-corrected chi connectivity index (χ4v) is 2.20. The van der Waals surface area contributed by atoms with E-state index in [0.717, 1.165) is 25.9 Å². The van der Waals surface area contributed by atoms with Gasteiger partial charge < -0.3 is 15.2 Å². The average molecular weight is 214 g/mol. The van der Waals surface area contributed by atoms with Gasteiger partial charge in [-0.1, -0.05) is 6.92 Å². The Kier molecular flexibility index (Phi) is 3.11. The Bertz CT molecular complexity index is 247. The molecule has 86 valence electrons. The lowest BCUT2D eigenvalue weighted by Crippen LogP contribution is -2.51. The summed E-state index contributed by atoms with van der Waals surface area (Å²) in [5, 5.41) is 12.5. The van der Waals surface area contributed by atoms with Crippen LogP contribution in [0.25, 0.3) is 0 Å². The zero-order valence-electron chi connectivity index (χ0n) is 8.98. The molecule has 0 radical (unpaired) electrons. The van der Waals surface area contributed by atoms with E-state index >= 15 is 0 Å². The highest BCUT2D eigenvalue weighted by Gasteiger charge is 2.38. The number of amides is 2. The Hall–Kier alpha value is -0.810. The number of carbonyl (C=O) groups excluding carboxylic acids is 1. The maximum absolute atomic E-state index is 11.5. The minimum absolute atomic E-state index is 0.0739. The minimum Gasteiger partial charge on any atom is -0.390 e. The Morgan fingerprint density at radius 2 is 2.47 bits per heavy atom. The Morgan fingerprint density at radius 3 is 3.07 bits per heavy atom. The van der Waals surface area contributed by atoms with Crippen LogP contribution in [0.3, 0.4) is 0 Å². The molecule has 0 saturated carbocycles. The number of aliphatic hydroxyl groups excluding tert-OH is 1. The number of ether oxygens (including phenoxy) is 1.